The maximum atomic E-state index is 12.3. The molecule has 0 aromatic heterocycles. The Balaban J connectivity index is 1.54. The van der Waals surface area contributed by atoms with Crippen LogP contribution in [0.25, 0.3) is 12.2 Å². The molecule has 3 aromatic carbocycles. The molecule has 0 amide bonds. The molecule has 0 aliphatic heterocycles. The second kappa shape index (κ2) is 11.9. The lowest BCUT2D eigenvalue weighted by atomic mass is 10.1. The fourth-order valence-electron chi connectivity index (χ4n) is 2.90. The molecule has 3 rings (SSSR count). The summed E-state index contributed by atoms with van der Waals surface area (Å²) in [4.78, 5) is 34.7. The number of hydrogen-bond acceptors (Lipinski definition) is 6. The number of benzene rings is 3. The Morgan fingerprint density at radius 1 is 0.882 bits per heavy atom. The average Bonchev–Trinajstić information content (AvgIpc) is 2.86. The molecule has 0 bridgehead atoms. The number of rotatable bonds is 10. The first kappa shape index (κ1) is 24.1. The largest absolute Gasteiger partial charge is 0.494 e. The molecule has 0 aliphatic rings. The van der Waals surface area contributed by atoms with E-state index in [1.165, 1.54) is 36.4 Å². The lowest BCUT2D eigenvalue weighted by Crippen LogP contribution is -2.03. The highest BCUT2D eigenvalue weighted by atomic mass is 16.6. The normalized spacial score (nSPS) is 11.0. The van der Waals surface area contributed by atoms with Gasteiger partial charge in [-0.1, -0.05) is 49.4 Å². The van der Waals surface area contributed by atoms with Gasteiger partial charge in [0.25, 0.3) is 5.69 Å². The second-order valence-corrected chi connectivity index (χ2v) is 7.25. The topological polar surface area (TPSA) is 95.7 Å². The van der Waals surface area contributed by atoms with Crippen LogP contribution in [0.2, 0.25) is 0 Å². The van der Waals surface area contributed by atoms with Crippen LogP contribution in [0.5, 0.6) is 11.5 Å². The van der Waals surface area contributed by atoms with E-state index in [9.17, 15) is 19.7 Å². The third-order valence-corrected chi connectivity index (χ3v) is 4.63. The van der Waals surface area contributed by atoms with Crippen LogP contribution in [-0.2, 0) is 4.79 Å². The summed E-state index contributed by atoms with van der Waals surface area (Å²) >= 11 is 0. The minimum atomic E-state index is -0.547. The number of allylic oxidation sites excluding steroid dienone is 1. The Labute approximate surface area is 197 Å². The van der Waals surface area contributed by atoms with Crippen LogP contribution in [0, 0.1) is 10.1 Å². The summed E-state index contributed by atoms with van der Waals surface area (Å²) in [5, 5.41) is 10.9. The zero-order chi connectivity index (χ0) is 24.3. The highest BCUT2D eigenvalue weighted by molar-refractivity contribution is 6.07. The third-order valence-electron chi connectivity index (χ3n) is 4.63. The Hall–Kier alpha value is -4.52. The molecule has 0 saturated heterocycles. The number of ketones is 1. The number of esters is 1. The van der Waals surface area contributed by atoms with E-state index in [0.29, 0.717) is 17.9 Å². The van der Waals surface area contributed by atoms with Crippen molar-refractivity contribution in [3.8, 4) is 11.5 Å². The Morgan fingerprint density at radius 3 is 2.12 bits per heavy atom. The molecule has 0 saturated carbocycles. The standard InChI is InChI=1S/C27H23NO6/c1-2-18-33-24-12-6-21(7-13-24)11-17-27(30)34-25-14-8-20(9-15-25)10-16-26(29)22-4-3-5-23(19-22)28(31)32/h3-17,19H,2,18H2,1H3/b16-10+,17-11+. The lowest BCUT2D eigenvalue weighted by molar-refractivity contribution is -0.384. The van der Waals surface area contributed by atoms with Crippen molar-refractivity contribution in [2.45, 2.75) is 13.3 Å². The van der Waals surface area contributed by atoms with Crippen LogP contribution in [0.3, 0.4) is 0 Å². The average molecular weight is 457 g/mol. The fourth-order valence-corrected chi connectivity index (χ4v) is 2.90. The van der Waals surface area contributed by atoms with Crippen molar-refractivity contribution in [2.24, 2.45) is 0 Å². The summed E-state index contributed by atoms with van der Waals surface area (Å²) in [6.45, 7) is 2.70. The summed E-state index contributed by atoms with van der Waals surface area (Å²) < 4.78 is 10.8. The van der Waals surface area contributed by atoms with E-state index < -0.39 is 10.9 Å². The molecule has 0 fully saturated rings. The predicted molar refractivity (Wildman–Crippen MR) is 130 cm³/mol. The number of carbonyl (C=O) groups excluding carboxylic acids is 2. The van der Waals surface area contributed by atoms with Crippen LogP contribution < -0.4 is 9.47 Å². The molecule has 0 atom stereocenters. The number of hydrogen-bond donors (Lipinski definition) is 0. The number of nitro benzene ring substituents is 1. The van der Waals surface area contributed by atoms with Gasteiger partial charge in [-0.3, -0.25) is 14.9 Å². The molecule has 172 valence electrons. The zero-order valence-corrected chi connectivity index (χ0v) is 18.5. The smallest absolute Gasteiger partial charge is 0.336 e. The van der Waals surface area contributed by atoms with Crippen LogP contribution in [0.1, 0.15) is 34.8 Å². The molecular weight excluding hydrogens is 434 g/mol. The number of nitrogens with zero attached hydrogens (tertiary/aromatic N) is 1. The van der Waals surface area contributed by atoms with E-state index in [2.05, 4.69) is 0 Å². The van der Waals surface area contributed by atoms with Crippen molar-refractivity contribution < 1.29 is 24.0 Å². The van der Waals surface area contributed by atoms with Crippen molar-refractivity contribution in [1.82, 2.24) is 0 Å². The van der Waals surface area contributed by atoms with Crippen LogP contribution in [-0.4, -0.2) is 23.3 Å². The Bertz CT molecular complexity index is 1210. The molecular formula is C27H23NO6. The van der Waals surface area contributed by atoms with Gasteiger partial charge in [-0.15, -0.1) is 0 Å². The molecule has 7 nitrogen and oxygen atoms in total. The van der Waals surface area contributed by atoms with E-state index in [0.717, 1.165) is 17.7 Å². The first-order chi connectivity index (χ1) is 16.4. The molecule has 3 aromatic rings. The van der Waals surface area contributed by atoms with Gasteiger partial charge in [0.1, 0.15) is 11.5 Å². The predicted octanol–water partition coefficient (Wildman–Crippen LogP) is 5.90. The van der Waals surface area contributed by atoms with Gasteiger partial charge in [0.05, 0.1) is 11.5 Å². The molecule has 0 N–H and O–H groups in total. The number of nitro groups is 1. The summed E-state index contributed by atoms with van der Waals surface area (Å²) in [5.41, 5.74) is 1.64. The van der Waals surface area contributed by atoms with Crippen LogP contribution in [0.4, 0.5) is 5.69 Å². The monoisotopic (exact) mass is 457 g/mol. The quantitative estimate of drug-likeness (QED) is 0.0939. The summed E-state index contributed by atoms with van der Waals surface area (Å²) in [6.07, 6.45) is 6.85. The zero-order valence-electron chi connectivity index (χ0n) is 18.5. The van der Waals surface area contributed by atoms with Crippen molar-refractivity contribution in [3.05, 3.63) is 112 Å². The maximum absolute atomic E-state index is 12.3. The van der Waals surface area contributed by atoms with Crippen LogP contribution in [0.15, 0.2) is 84.9 Å². The van der Waals surface area contributed by atoms with E-state index >= 15 is 0 Å². The molecule has 0 unspecified atom stereocenters. The van der Waals surface area contributed by atoms with Gasteiger partial charge in [-0.2, -0.15) is 0 Å². The number of ether oxygens (including phenoxy) is 2. The minimum Gasteiger partial charge on any atom is -0.494 e. The lowest BCUT2D eigenvalue weighted by Gasteiger charge is -2.04. The van der Waals surface area contributed by atoms with Crippen molar-refractivity contribution in [2.75, 3.05) is 6.61 Å². The van der Waals surface area contributed by atoms with Gasteiger partial charge in [0.15, 0.2) is 5.78 Å². The van der Waals surface area contributed by atoms with Gasteiger partial charge >= 0.3 is 5.97 Å². The molecule has 7 heteroatoms. The van der Waals surface area contributed by atoms with Gasteiger partial charge in [0.2, 0.25) is 0 Å². The third kappa shape index (κ3) is 7.27. The highest BCUT2D eigenvalue weighted by Crippen LogP contribution is 2.17. The van der Waals surface area contributed by atoms with Crippen molar-refractivity contribution >= 4 is 29.6 Å². The molecule has 0 heterocycles. The van der Waals surface area contributed by atoms with E-state index in [1.807, 2.05) is 31.2 Å². The number of carbonyl (C=O) groups is 2. The van der Waals surface area contributed by atoms with E-state index in [-0.39, 0.29) is 17.0 Å². The molecule has 34 heavy (non-hydrogen) atoms. The van der Waals surface area contributed by atoms with Gasteiger partial charge in [0, 0.05) is 23.8 Å². The molecule has 0 aliphatic carbocycles. The maximum Gasteiger partial charge on any atom is 0.336 e. The fraction of sp³-hybridized carbons (Fsp3) is 0.111. The molecule has 0 spiro atoms. The Kier molecular flexibility index (Phi) is 8.46. The second-order valence-electron chi connectivity index (χ2n) is 7.25. The SMILES string of the molecule is CCCOc1ccc(/C=C/C(=O)Oc2ccc(/C=C/C(=O)c3cccc([N+](=O)[O-])c3)cc2)cc1. The number of non-ortho nitro benzene ring substituents is 1. The van der Waals surface area contributed by atoms with Crippen molar-refractivity contribution in [3.63, 3.8) is 0 Å². The van der Waals surface area contributed by atoms with Gasteiger partial charge < -0.3 is 9.47 Å². The van der Waals surface area contributed by atoms with Gasteiger partial charge in [-0.05, 0) is 54.0 Å². The van der Waals surface area contributed by atoms with Gasteiger partial charge in [-0.25, -0.2) is 4.79 Å². The first-order valence-corrected chi connectivity index (χ1v) is 10.6. The Morgan fingerprint density at radius 2 is 1.50 bits per heavy atom. The summed E-state index contributed by atoms with van der Waals surface area (Å²) in [6, 6.07) is 19.6. The van der Waals surface area contributed by atoms with Crippen molar-refractivity contribution in [1.29, 1.82) is 0 Å². The summed E-state index contributed by atoms with van der Waals surface area (Å²) in [5.74, 6) is 0.271. The highest BCUT2D eigenvalue weighted by Gasteiger charge is 2.09. The van der Waals surface area contributed by atoms with E-state index in [4.69, 9.17) is 9.47 Å². The minimum absolute atomic E-state index is 0.141. The molecule has 0 radical (unpaired) electrons. The summed E-state index contributed by atoms with van der Waals surface area (Å²) in [7, 11) is 0. The van der Waals surface area contributed by atoms with Crippen LogP contribution >= 0.6 is 0 Å². The van der Waals surface area contributed by atoms with E-state index in [1.54, 1.807) is 36.4 Å². The first-order valence-electron chi connectivity index (χ1n) is 10.6.